The van der Waals surface area contributed by atoms with Gasteiger partial charge in [-0.25, -0.2) is 0 Å². The standard InChI is InChI=1S/C15H17NOS/c16-10-14-5-4-13(17-14)9-11-3-6-15-12(8-11)2-1-7-18-15/h3-6,8H,1-2,7,9-10,16H2. The molecule has 2 heterocycles. The highest BCUT2D eigenvalue weighted by molar-refractivity contribution is 7.99. The predicted octanol–water partition coefficient (Wildman–Crippen LogP) is 3.37. The molecule has 1 aliphatic heterocycles. The first kappa shape index (κ1) is 11.9. The Morgan fingerprint density at radius 3 is 2.89 bits per heavy atom. The van der Waals surface area contributed by atoms with Crippen molar-refractivity contribution in [2.45, 2.75) is 30.7 Å². The van der Waals surface area contributed by atoms with E-state index in [2.05, 4.69) is 18.2 Å². The lowest BCUT2D eigenvalue weighted by molar-refractivity contribution is 0.475. The number of hydrogen-bond acceptors (Lipinski definition) is 3. The maximum absolute atomic E-state index is 5.65. The molecule has 0 radical (unpaired) electrons. The van der Waals surface area contributed by atoms with Crippen molar-refractivity contribution in [1.29, 1.82) is 0 Å². The van der Waals surface area contributed by atoms with Crippen LogP contribution in [-0.2, 0) is 19.4 Å². The van der Waals surface area contributed by atoms with Gasteiger partial charge < -0.3 is 10.2 Å². The minimum Gasteiger partial charge on any atom is -0.464 e. The molecular weight excluding hydrogens is 242 g/mol. The van der Waals surface area contributed by atoms with E-state index in [0.717, 1.165) is 17.9 Å². The Balaban J connectivity index is 1.80. The minimum absolute atomic E-state index is 0.473. The summed E-state index contributed by atoms with van der Waals surface area (Å²) in [5, 5.41) is 0. The number of hydrogen-bond donors (Lipinski definition) is 1. The highest BCUT2D eigenvalue weighted by Gasteiger charge is 2.11. The second kappa shape index (κ2) is 5.21. The summed E-state index contributed by atoms with van der Waals surface area (Å²) in [5.74, 6) is 3.11. The zero-order valence-corrected chi connectivity index (χ0v) is 11.1. The van der Waals surface area contributed by atoms with E-state index in [1.807, 2.05) is 23.9 Å². The molecule has 0 aliphatic carbocycles. The maximum Gasteiger partial charge on any atom is 0.117 e. The third-order valence-electron chi connectivity index (χ3n) is 3.27. The van der Waals surface area contributed by atoms with E-state index in [-0.39, 0.29) is 0 Å². The van der Waals surface area contributed by atoms with Gasteiger partial charge in [0.25, 0.3) is 0 Å². The molecule has 0 unspecified atom stereocenters. The van der Waals surface area contributed by atoms with Gasteiger partial charge in [-0.2, -0.15) is 0 Å². The van der Waals surface area contributed by atoms with Crippen LogP contribution in [0.5, 0.6) is 0 Å². The average molecular weight is 259 g/mol. The molecule has 0 amide bonds. The Labute approximate surface area is 112 Å². The van der Waals surface area contributed by atoms with Gasteiger partial charge in [0.2, 0.25) is 0 Å². The molecule has 0 spiro atoms. The van der Waals surface area contributed by atoms with E-state index in [1.54, 1.807) is 0 Å². The van der Waals surface area contributed by atoms with Crippen LogP contribution in [0, 0.1) is 0 Å². The van der Waals surface area contributed by atoms with E-state index < -0.39 is 0 Å². The van der Waals surface area contributed by atoms with Crippen LogP contribution in [0.2, 0.25) is 0 Å². The highest BCUT2D eigenvalue weighted by Crippen LogP contribution is 2.31. The van der Waals surface area contributed by atoms with Gasteiger partial charge in [0.15, 0.2) is 0 Å². The molecule has 18 heavy (non-hydrogen) atoms. The van der Waals surface area contributed by atoms with Crippen LogP contribution in [-0.4, -0.2) is 5.75 Å². The van der Waals surface area contributed by atoms with Gasteiger partial charge in [0.1, 0.15) is 11.5 Å². The minimum atomic E-state index is 0.473. The summed E-state index contributed by atoms with van der Waals surface area (Å²) in [6.45, 7) is 0.473. The van der Waals surface area contributed by atoms with Crippen molar-refractivity contribution >= 4 is 11.8 Å². The van der Waals surface area contributed by atoms with Crippen molar-refractivity contribution < 1.29 is 4.42 Å². The molecule has 0 atom stereocenters. The average Bonchev–Trinajstić information content (AvgIpc) is 2.86. The third kappa shape index (κ3) is 2.47. The molecule has 1 aliphatic rings. The Bertz CT molecular complexity index is 547. The van der Waals surface area contributed by atoms with Gasteiger partial charge in [-0.15, -0.1) is 11.8 Å². The molecular formula is C15H17NOS. The second-order valence-corrected chi connectivity index (χ2v) is 5.78. The zero-order valence-electron chi connectivity index (χ0n) is 10.3. The second-order valence-electron chi connectivity index (χ2n) is 4.64. The number of nitrogens with two attached hydrogens (primary N) is 1. The summed E-state index contributed by atoms with van der Waals surface area (Å²) < 4.78 is 5.65. The predicted molar refractivity (Wildman–Crippen MR) is 74.9 cm³/mol. The Kier molecular flexibility index (Phi) is 3.43. The molecule has 2 N–H and O–H groups in total. The van der Waals surface area contributed by atoms with E-state index in [9.17, 15) is 0 Å². The number of fused-ring (bicyclic) bond motifs is 1. The Morgan fingerprint density at radius 2 is 2.06 bits per heavy atom. The van der Waals surface area contributed by atoms with Crippen molar-refractivity contribution in [2.24, 2.45) is 5.73 Å². The summed E-state index contributed by atoms with van der Waals surface area (Å²) in [6, 6.07) is 10.8. The molecule has 0 bridgehead atoms. The summed E-state index contributed by atoms with van der Waals surface area (Å²) >= 11 is 1.97. The monoisotopic (exact) mass is 259 g/mol. The topological polar surface area (TPSA) is 39.2 Å². The molecule has 94 valence electrons. The number of aryl methyl sites for hydroxylation is 1. The fraction of sp³-hybridized carbons (Fsp3) is 0.333. The van der Waals surface area contributed by atoms with Crippen LogP contribution in [0.25, 0.3) is 0 Å². The fourth-order valence-electron chi connectivity index (χ4n) is 2.35. The lowest BCUT2D eigenvalue weighted by atomic mass is 10.0. The molecule has 0 fully saturated rings. The van der Waals surface area contributed by atoms with E-state index in [4.69, 9.17) is 10.2 Å². The summed E-state index contributed by atoms with van der Waals surface area (Å²) in [7, 11) is 0. The molecule has 3 heteroatoms. The first-order chi connectivity index (χ1) is 8.85. The van der Waals surface area contributed by atoms with Crippen molar-refractivity contribution in [2.75, 3.05) is 5.75 Å². The van der Waals surface area contributed by atoms with Gasteiger partial charge >= 0.3 is 0 Å². The number of furan rings is 1. The maximum atomic E-state index is 5.65. The van der Waals surface area contributed by atoms with Crippen molar-refractivity contribution in [3.8, 4) is 0 Å². The first-order valence-corrected chi connectivity index (χ1v) is 7.36. The van der Waals surface area contributed by atoms with Crippen LogP contribution >= 0.6 is 11.8 Å². The van der Waals surface area contributed by atoms with Gasteiger partial charge in [0, 0.05) is 11.3 Å². The summed E-state index contributed by atoms with van der Waals surface area (Å²) in [5.41, 5.74) is 8.37. The molecule has 2 nitrogen and oxygen atoms in total. The molecule has 1 aromatic heterocycles. The van der Waals surface area contributed by atoms with Crippen molar-refractivity contribution in [1.82, 2.24) is 0 Å². The Morgan fingerprint density at radius 1 is 1.17 bits per heavy atom. The molecule has 2 aromatic rings. The lowest BCUT2D eigenvalue weighted by Gasteiger charge is -2.15. The van der Waals surface area contributed by atoms with Crippen molar-refractivity contribution in [3.05, 3.63) is 53.0 Å². The normalized spacial score (nSPS) is 14.5. The van der Waals surface area contributed by atoms with E-state index in [0.29, 0.717) is 6.54 Å². The number of benzene rings is 1. The van der Waals surface area contributed by atoms with Gasteiger partial charge in [-0.05, 0) is 47.9 Å². The van der Waals surface area contributed by atoms with Gasteiger partial charge in [-0.3, -0.25) is 0 Å². The van der Waals surface area contributed by atoms with Gasteiger partial charge in [0.05, 0.1) is 6.54 Å². The lowest BCUT2D eigenvalue weighted by Crippen LogP contribution is -1.99. The van der Waals surface area contributed by atoms with Crippen LogP contribution in [0.15, 0.2) is 39.6 Å². The SMILES string of the molecule is NCc1ccc(Cc2ccc3c(c2)CCCS3)o1. The van der Waals surface area contributed by atoms with Crippen LogP contribution < -0.4 is 5.73 Å². The third-order valence-corrected chi connectivity index (χ3v) is 4.47. The van der Waals surface area contributed by atoms with E-state index in [1.165, 1.54) is 34.6 Å². The molecule has 1 aromatic carbocycles. The van der Waals surface area contributed by atoms with Crippen LogP contribution in [0.1, 0.15) is 29.1 Å². The molecule has 0 saturated heterocycles. The van der Waals surface area contributed by atoms with E-state index >= 15 is 0 Å². The summed E-state index contributed by atoms with van der Waals surface area (Å²) in [6.07, 6.45) is 3.36. The molecule has 0 saturated carbocycles. The quantitative estimate of drug-likeness (QED) is 0.918. The van der Waals surface area contributed by atoms with Crippen LogP contribution in [0.3, 0.4) is 0 Å². The fourth-order valence-corrected chi connectivity index (χ4v) is 3.37. The molecule has 3 rings (SSSR count). The zero-order chi connectivity index (χ0) is 12.4. The van der Waals surface area contributed by atoms with Gasteiger partial charge in [-0.1, -0.05) is 12.1 Å². The number of thioether (sulfide) groups is 1. The number of rotatable bonds is 3. The highest BCUT2D eigenvalue weighted by atomic mass is 32.2. The van der Waals surface area contributed by atoms with Crippen LogP contribution in [0.4, 0.5) is 0 Å². The summed E-state index contributed by atoms with van der Waals surface area (Å²) in [4.78, 5) is 1.45. The van der Waals surface area contributed by atoms with Crippen molar-refractivity contribution in [3.63, 3.8) is 0 Å². The smallest absolute Gasteiger partial charge is 0.117 e. The first-order valence-electron chi connectivity index (χ1n) is 6.37. The Hall–Kier alpha value is -1.19. The largest absolute Gasteiger partial charge is 0.464 e.